The van der Waals surface area contributed by atoms with E-state index >= 15 is 8.78 Å². The topological polar surface area (TPSA) is 92.7 Å². The molecular formula is C37H40Cl2F3NO5S2. The van der Waals surface area contributed by atoms with Crippen LogP contribution in [-0.2, 0) is 21.3 Å². The van der Waals surface area contributed by atoms with Crippen LogP contribution >= 0.6 is 35.0 Å². The summed E-state index contributed by atoms with van der Waals surface area (Å²) in [5, 5.41) is 3.13. The van der Waals surface area contributed by atoms with Crippen molar-refractivity contribution >= 4 is 51.0 Å². The maximum atomic E-state index is 15.3. The summed E-state index contributed by atoms with van der Waals surface area (Å²) in [6.45, 7) is 10.0. The van der Waals surface area contributed by atoms with Gasteiger partial charge in [-0.05, 0) is 83.5 Å². The van der Waals surface area contributed by atoms with Crippen LogP contribution in [0.1, 0.15) is 74.0 Å². The first-order chi connectivity index (χ1) is 23.3. The maximum absolute atomic E-state index is 15.3. The first kappa shape index (κ1) is 39.8. The van der Waals surface area contributed by atoms with Crippen molar-refractivity contribution in [3.05, 3.63) is 120 Å². The van der Waals surface area contributed by atoms with Crippen molar-refractivity contribution in [2.24, 2.45) is 11.8 Å². The number of hydrogen-bond donors (Lipinski definition) is 2. The summed E-state index contributed by atoms with van der Waals surface area (Å²) in [7, 11) is -2.91. The van der Waals surface area contributed by atoms with Gasteiger partial charge in [-0.25, -0.2) is 13.2 Å². The lowest BCUT2D eigenvalue weighted by atomic mass is 9.66. The Balaban J connectivity index is 1.72. The summed E-state index contributed by atoms with van der Waals surface area (Å²) in [6.07, 6.45) is 2.72. The summed E-state index contributed by atoms with van der Waals surface area (Å²) in [5.41, 5.74) is 2.95. The Morgan fingerprint density at radius 1 is 1.02 bits per heavy atom. The highest BCUT2D eigenvalue weighted by molar-refractivity contribution is 8.02. The molecule has 1 aliphatic rings. The first-order valence-electron chi connectivity index (χ1n) is 15.9. The van der Waals surface area contributed by atoms with E-state index in [1.54, 1.807) is 18.2 Å². The fraction of sp³-hybridized carbons (Fsp3) is 0.378. The average Bonchev–Trinajstić information content (AvgIpc) is 3.04. The molecule has 6 nitrogen and oxygen atoms in total. The molecule has 13 heteroatoms. The van der Waals surface area contributed by atoms with E-state index in [2.05, 4.69) is 39.1 Å². The lowest BCUT2D eigenvalue weighted by Crippen LogP contribution is -2.30. The predicted molar refractivity (Wildman–Crippen MR) is 195 cm³/mol. The van der Waals surface area contributed by atoms with Crippen LogP contribution < -0.4 is 10.1 Å². The zero-order valence-electron chi connectivity index (χ0n) is 28.5. The van der Waals surface area contributed by atoms with Gasteiger partial charge in [0.05, 0.1) is 22.9 Å². The summed E-state index contributed by atoms with van der Waals surface area (Å²) in [6, 6.07) is 12.2. The Morgan fingerprint density at radius 3 is 2.28 bits per heavy atom. The molecule has 0 spiro atoms. The Bertz CT molecular complexity index is 1930. The Hall–Kier alpha value is -2.96. The van der Waals surface area contributed by atoms with Gasteiger partial charge in [0.2, 0.25) is 0 Å². The van der Waals surface area contributed by atoms with Crippen LogP contribution in [0.15, 0.2) is 70.7 Å². The Morgan fingerprint density at radius 2 is 1.68 bits per heavy atom. The molecule has 2 N–H and O–H groups in total. The van der Waals surface area contributed by atoms with Gasteiger partial charge in [0.1, 0.15) is 11.6 Å². The number of halogens is 5. The second-order valence-corrected chi connectivity index (χ2v) is 16.5. The minimum Gasteiger partial charge on any atom is -0.494 e. The number of rotatable bonds is 11. The fourth-order valence-electron chi connectivity index (χ4n) is 6.30. The van der Waals surface area contributed by atoms with Gasteiger partial charge >= 0.3 is 0 Å². The van der Waals surface area contributed by atoms with Crippen LogP contribution in [0.4, 0.5) is 13.2 Å². The van der Waals surface area contributed by atoms with Gasteiger partial charge in [-0.15, -0.1) is 11.8 Å². The van der Waals surface area contributed by atoms with Crippen LogP contribution in [0.2, 0.25) is 10.0 Å². The predicted octanol–water partition coefficient (Wildman–Crippen LogP) is 9.91. The zero-order valence-corrected chi connectivity index (χ0v) is 31.7. The smallest absolute Gasteiger partial charge is 0.266 e. The van der Waals surface area contributed by atoms with Gasteiger partial charge in [-0.1, -0.05) is 80.3 Å². The fourth-order valence-corrected chi connectivity index (χ4v) is 8.26. The van der Waals surface area contributed by atoms with Gasteiger partial charge in [-0.2, -0.15) is 8.42 Å². The molecular weight excluding hydrogens is 730 g/mol. The Labute approximate surface area is 306 Å². The van der Waals surface area contributed by atoms with E-state index in [1.165, 1.54) is 24.9 Å². The summed E-state index contributed by atoms with van der Waals surface area (Å²) in [5.74, 6) is -4.24. The van der Waals surface area contributed by atoms with E-state index in [9.17, 15) is 17.6 Å². The normalized spacial score (nSPS) is 18.7. The van der Waals surface area contributed by atoms with Crippen LogP contribution in [0.5, 0.6) is 5.75 Å². The van der Waals surface area contributed by atoms with Crippen molar-refractivity contribution in [2.45, 2.75) is 58.1 Å². The molecule has 1 amide bonds. The van der Waals surface area contributed by atoms with Crippen molar-refractivity contribution in [1.82, 2.24) is 5.32 Å². The number of carbonyl (C=O) groups is 1. The lowest BCUT2D eigenvalue weighted by molar-refractivity contribution is 0.0955. The highest BCUT2D eigenvalue weighted by atomic mass is 35.5. The molecule has 0 fully saturated rings. The molecule has 0 radical (unpaired) electrons. The largest absolute Gasteiger partial charge is 0.494 e. The van der Waals surface area contributed by atoms with E-state index < -0.39 is 51.2 Å². The van der Waals surface area contributed by atoms with Gasteiger partial charge in [0.25, 0.3) is 16.0 Å². The number of methoxy groups -OCH3 is 1. The molecule has 0 aliphatic heterocycles. The van der Waals surface area contributed by atoms with E-state index in [1.807, 2.05) is 19.1 Å². The molecule has 270 valence electrons. The van der Waals surface area contributed by atoms with Crippen molar-refractivity contribution < 1.29 is 35.7 Å². The number of nitrogens with one attached hydrogen (secondary N) is 1. The van der Waals surface area contributed by atoms with Crippen LogP contribution in [0.25, 0.3) is 0 Å². The summed E-state index contributed by atoms with van der Waals surface area (Å²) < 4.78 is 81.3. The highest BCUT2D eigenvalue weighted by Gasteiger charge is 2.37. The molecule has 1 aliphatic carbocycles. The first-order valence-corrected chi connectivity index (χ1v) is 19.2. The second-order valence-electron chi connectivity index (χ2n) is 13.0. The lowest BCUT2D eigenvalue weighted by Gasteiger charge is -2.40. The number of allylic oxidation sites excluding steroid dienone is 4. The molecule has 50 heavy (non-hydrogen) atoms. The molecule has 0 bridgehead atoms. The molecule has 0 saturated carbocycles. The number of hydrogen-bond acceptors (Lipinski definition) is 5. The molecule has 3 aromatic carbocycles. The molecule has 3 unspecified atom stereocenters. The maximum Gasteiger partial charge on any atom is 0.266 e. The van der Waals surface area contributed by atoms with Gasteiger partial charge in [-0.3, -0.25) is 9.35 Å². The third-order valence-corrected chi connectivity index (χ3v) is 12.2. The van der Waals surface area contributed by atoms with Crippen molar-refractivity contribution in [1.29, 1.82) is 0 Å². The van der Waals surface area contributed by atoms with Gasteiger partial charge in [0.15, 0.2) is 11.6 Å². The zero-order chi connectivity index (χ0) is 37.1. The number of benzene rings is 3. The van der Waals surface area contributed by atoms with E-state index in [0.29, 0.717) is 16.5 Å². The third-order valence-electron chi connectivity index (χ3n) is 9.46. The summed E-state index contributed by atoms with van der Waals surface area (Å²) >= 11 is 14.0. The monoisotopic (exact) mass is 769 g/mol. The van der Waals surface area contributed by atoms with Crippen molar-refractivity contribution in [3.63, 3.8) is 0 Å². The third kappa shape index (κ3) is 9.28. The standard InChI is InChI=1S/C37H40Cl2F3NO5S2/c1-20-13-28(37(4,5)25-8-9-29(38)30(39)17-25)22(3)26(23-7-10-31(40)34(16-23)48-6)18-35(21(20)2)49-19-27-32(41)14-24(15-33(27)42)36(44)43-11-12-50(45,46)47/h7-10,13-17,20,22,26H,11-12,18-19H2,1-6H3,(H,43,44)(H,45,46,47). The SMILES string of the molecule is COc1cc(C2CC(SCc3c(F)cc(C(=O)NCCS(=O)(=O)O)cc3F)=C(C)C(C)C=C(C(C)(C)c3ccc(Cl)c(Cl)c3)C2C)ccc1F. The number of thioether (sulfide) groups is 1. The highest BCUT2D eigenvalue weighted by Crippen LogP contribution is 2.49. The van der Waals surface area contributed by atoms with Crippen molar-refractivity contribution in [2.75, 3.05) is 19.4 Å². The summed E-state index contributed by atoms with van der Waals surface area (Å²) in [4.78, 5) is 13.3. The molecule has 0 aromatic heterocycles. The van der Waals surface area contributed by atoms with Crippen LogP contribution in [0.3, 0.4) is 0 Å². The molecule has 0 heterocycles. The number of ether oxygens (including phenoxy) is 1. The second kappa shape index (κ2) is 16.2. The number of amides is 1. The Kier molecular flexibility index (Phi) is 12.9. The minimum absolute atomic E-state index is 0.0517. The molecule has 3 atom stereocenters. The van der Waals surface area contributed by atoms with Gasteiger partial charge < -0.3 is 10.1 Å². The van der Waals surface area contributed by atoms with Gasteiger partial charge in [0, 0.05) is 28.8 Å². The van der Waals surface area contributed by atoms with E-state index in [0.717, 1.165) is 39.3 Å². The minimum atomic E-state index is -4.32. The quantitative estimate of drug-likeness (QED) is 0.149. The molecule has 3 aromatic rings. The average molecular weight is 771 g/mol. The van der Waals surface area contributed by atoms with Crippen LogP contribution in [-0.4, -0.2) is 38.3 Å². The van der Waals surface area contributed by atoms with Crippen LogP contribution in [0, 0.1) is 29.3 Å². The van der Waals surface area contributed by atoms with E-state index in [-0.39, 0.29) is 40.4 Å². The van der Waals surface area contributed by atoms with Crippen molar-refractivity contribution in [3.8, 4) is 5.75 Å². The number of carbonyl (C=O) groups excluding carboxylic acids is 1. The molecule has 4 rings (SSSR count). The molecule has 0 saturated heterocycles. The van der Waals surface area contributed by atoms with E-state index in [4.69, 9.17) is 32.5 Å².